The van der Waals surface area contributed by atoms with Crippen LogP contribution in [0.5, 0.6) is 0 Å². The quantitative estimate of drug-likeness (QED) is 0.432. The fraction of sp³-hybridized carbons (Fsp3) is 1.00. The molecular weight excluding hydrogens is 312 g/mol. The molecule has 0 aromatic heterocycles. The SMILES string of the molecule is FC(F)(F)OC(F)(F)C(F)(F)I. The Kier molecular flexibility index (Phi) is 3.21. The summed E-state index contributed by atoms with van der Waals surface area (Å²) >= 11 is -0.149. The molecule has 0 saturated carbocycles. The van der Waals surface area contributed by atoms with Gasteiger partial charge in [0.25, 0.3) is 0 Å². The number of alkyl halides is 8. The average Bonchev–Trinajstić information content (AvgIpc) is 1.52. The highest BCUT2D eigenvalue weighted by Gasteiger charge is 2.61. The molecule has 0 spiro atoms. The molecule has 0 amide bonds. The van der Waals surface area contributed by atoms with Gasteiger partial charge >= 0.3 is 16.4 Å². The molecular formula is C3F7IO. The summed E-state index contributed by atoms with van der Waals surface area (Å²) in [7, 11) is 0. The van der Waals surface area contributed by atoms with Gasteiger partial charge in [0.1, 0.15) is 0 Å². The first kappa shape index (κ1) is 12.2. The first-order chi connectivity index (χ1) is 4.96. The molecule has 74 valence electrons. The molecule has 0 aliphatic rings. The van der Waals surface area contributed by atoms with Crippen LogP contribution in [0.15, 0.2) is 0 Å². The van der Waals surface area contributed by atoms with E-state index < -0.39 is 16.4 Å². The Morgan fingerprint density at radius 2 is 1.17 bits per heavy atom. The van der Waals surface area contributed by atoms with Gasteiger partial charge in [0.2, 0.25) is 0 Å². The first-order valence-corrected chi connectivity index (χ1v) is 3.25. The van der Waals surface area contributed by atoms with E-state index in [4.69, 9.17) is 0 Å². The van der Waals surface area contributed by atoms with Crippen molar-refractivity contribution >= 4 is 22.6 Å². The molecule has 1 nitrogen and oxygen atoms in total. The zero-order valence-electron chi connectivity index (χ0n) is 4.93. The third kappa shape index (κ3) is 3.74. The van der Waals surface area contributed by atoms with Crippen molar-refractivity contribution < 1.29 is 35.5 Å². The average molecular weight is 312 g/mol. The van der Waals surface area contributed by atoms with Crippen molar-refractivity contribution in [2.75, 3.05) is 0 Å². The van der Waals surface area contributed by atoms with Gasteiger partial charge in [-0.1, -0.05) is 0 Å². The molecule has 0 fully saturated rings. The number of halogens is 8. The van der Waals surface area contributed by atoms with Crippen LogP contribution in [0.4, 0.5) is 30.7 Å². The van der Waals surface area contributed by atoms with Gasteiger partial charge < -0.3 is 0 Å². The molecule has 0 rings (SSSR count). The van der Waals surface area contributed by atoms with Crippen LogP contribution in [-0.4, -0.2) is 16.4 Å². The van der Waals surface area contributed by atoms with E-state index in [0.717, 1.165) is 0 Å². The van der Waals surface area contributed by atoms with E-state index in [1.54, 1.807) is 0 Å². The molecule has 0 aliphatic heterocycles. The van der Waals surface area contributed by atoms with Crippen LogP contribution < -0.4 is 0 Å². The highest BCUT2D eigenvalue weighted by molar-refractivity contribution is 14.1. The van der Waals surface area contributed by atoms with E-state index in [1.807, 2.05) is 4.74 Å². The normalized spacial score (nSPS) is 15.0. The Bertz CT molecular complexity index is 157. The van der Waals surface area contributed by atoms with Gasteiger partial charge in [0, 0.05) is 22.6 Å². The topological polar surface area (TPSA) is 9.23 Å². The summed E-state index contributed by atoms with van der Waals surface area (Å²) in [5.74, 6) is 0. The van der Waals surface area contributed by atoms with Gasteiger partial charge in [-0.25, -0.2) is 4.74 Å². The maximum Gasteiger partial charge on any atom is 0.527 e. The fourth-order valence-electron chi connectivity index (χ4n) is 0.203. The van der Waals surface area contributed by atoms with E-state index in [1.165, 1.54) is 0 Å². The summed E-state index contributed by atoms with van der Waals surface area (Å²) in [6.07, 6.45) is -11.3. The summed E-state index contributed by atoms with van der Waals surface area (Å²) in [6.45, 7) is 0. The van der Waals surface area contributed by atoms with Crippen molar-refractivity contribution in [3.63, 3.8) is 0 Å². The lowest BCUT2D eigenvalue weighted by atomic mass is 10.6. The number of hydrogen-bond acceptors (Lipinski definition) is 1. The summed E-state index contributed by atoms with van der Waals surface area (Å²) in [4.78, 5) is 0. The molecule has 9 heteroatoms. The Balaban J connectivity index is 4.44. The first-order valence-electron chi connectivity index (χ1n) is 2.17. The fourth-order valence-corrected chi connectivity index (χ4v) is 0.313. The number of rotatable bonds is 2. The van der Waals surface area contributed by atoms with Gasteiger partial charge in [-0.2, -0.15) is 17.6 Å². The summed E-state index contributed by atoms with van der Waals surface area (Å²) < 4.78 is 76.9. The third-order valence-electron chi connectivity index (χ3n) is 0.574. The number of hydrogen-bond donors (Lipinski definition) is 0. The summed E-state index contributed by atoms with van der Waals surface area (Å²) in [6, 6.07) is 0. The molecule has 0 unspecified atom stereocenters. The lowest BCUT2D eigenvalue weighted by molar-refractivity contribution is -0.449. The van der Waals surface area contributed by atoms with Crippen molar-refractivity contribution in [2.24, 2.45) is 0 Å². The molecule has 0 saturated heterocycles. The van der Waals surface area contributed by atoms with E-state index in [9.17, 15) is 30.7 Å². The van der Waals surface area contributed by atoms with Gasteiger partial charge in [0.15, 0.2) is 0 Å². The second-order valence-corrected chi connectivity index (χ2v) is 2.92. The molecule has 0 aromatic rings. The Morgan fingerprint density at radius 1 is 0.833 bits per heavy atom. The molecule has 12 heavy (non-hydrogen) atoms. The zero-order chi connectivity index (χ0) is 10.2. The van der Waals surface area contributed by atoms with Crippen LogP contribution in [0.2, 0.25) is 0 Å². The smallest absolute Gasteiger partial charge is 0.220 e. The molecule has 0 aliphatic carbocycles. The van der Waals surface area contributed by atoms with Crippen LogP contribution in [0.3, 0.4) is 0 Å². The van der Waals surface area contributed by atoms with Gasteiger partial charge in [-0.3, -0.25) is 0 Å². The van der Waals surface area contributed by atoms with E-state index in [2.05, 4.69) is 0 Å². The lowest BCUT2D eigenvalue weighted by Crippen LogP contribution is -2.41. The second kappa shape index (κ2) is 3.16. The maximum absolute atomic E-state index is 11.7. The predicted molar refractivity (Wildman–Crippen MR) is 31.1 cm³/mol. The van der Waals surface area contributed by atoms with E-state index >= 15 is 0 Å². The Hall–Kier alpha value is 0.200. The number of ether oxygens (including phenoxy) is 1. The van der Waals surface area contributed by atoms with Crippen molar-refractivity contribution in [1.82, 2.24) is 0 Å². The zero-order valence-corrected chi connectivity index (χ0v) is 7.09. The largest absolute Gasteiger partial charge is 0.527 e. The minimum Gasteiger partial charge on any atom is -0.220 e. The van der Waals surface area contributed by atoms with E-state index in [-0.39, 0.29) is 22.6 Å². The van der Waals surface area contributed by atoms with Gasteiger partial charge in [0.05, 0.1) is 0 Å². The van der Waals surface area contributed by atoms with Crippen LogP contribution in [-0.2, 0) is 4.74 Å². The van der Waals surface area contributed by atoms with Gasteiger partial charge in [-0.15, -0.1) is 13.2 Å². The molecule has 0 aromatic carbocycles. The molecule has 0 N–H and O–H groups in total. The Morgan fingerprint density at radius 3 is 1.25 bits per heavy atom. The monoisotopic (exact) mass is 312 g/mol. The maximum atomic E-state index is 11.7. The van der Waals surface area contributed by atoms with Crippen molar-refractivity contribution in [1.29, 1.82) is 0 Å². The summed E-state index contributed by atoms with van der Waals surface area (Å²) in [5.41, 5.74) is 0. The predicted octanol–water partition coefficient (Wildman–Crippen LogP) is 3.14. The van der Waals surface area contributed by atoms with Crippen LogP contribution in [0.1, 0.15) is 0 Å². The van der Waals surface area contributed by atoms with Crippen LogP contribution in [0, 0.1) is 0 Å². The third-order valence-corrected chi connectivity index (χ3v) is 1.20. The minimum absolute atomic E-state index is 0.149. The van der Waals surface area contributed by atoms with Crippen molar-refractivity contribution in [2.45, 2.75) is 16.4 Å². The van der Waals surface area contributed by atoms with Crippen LogP contribution >= 0.6 is 22.6 Å². The standard InChI is InChI=1S/C3F7IO/c4-1(5,11)2(6,7)12-3(8,9)10. The Labute approximate surface area is 75.0 Å². The molecule has 0 radical (unpaired) electrons. The highest BCUT2D eigenvalue weighted by Crippen LogP contribution is 2.43. The molecule has 0 heterocycles. The lowest BCUT2D eigenvalue weighted by Gasteiger charge is -2.21. The van der Waals surface area contributed by atoms with Gasteiger partial charge in [-0.05, 0) is 0 Å². The van der Waals surface area contributed by atoms with Crippen molar-refractivity contribution in [3.8, 4) is 0 Å². The van der Waals surface area contributed by atoms with Crippen LogP contribution in [0.25, 0.3) is 0 Å². The second-order valence-electron chi connectivity index (χ2n) is 1.56. The molecule has 0 atom stereocenters. The minimum atomic E-state index is -5.79. The van der Waals surface area contributed by atoms with Crippen molar-refractivity contribution in [3.05, 3.63) is 0 Å². The van der Waals surface area contributed by atoms with E-state index in [0.29, 0.717) is 0 Å². The highest BCUT2D eigenvalue weighted by atomic mass is 127. The molecule has 0 bridgehead atoms. The summed E-state index contributed by atoms with van der Waals surface area (Å²) in [5, 5.41) is 0.